The van der Waals surface area contributed by atoms with Gasteiger partial charge in [0.2, 0.25) is 0 Å². The van der Waals surface area contributed by atoms with E-state index in [9.17, 15) is 0 Å². The van der Waals surface area contributed by atoms with E-state index in [1.165, 1.54) is 0 Å². The van der Waals surface area contributed by atoms with Crippen molar-refractivity contribution in [3.63, 3.8) is 0 Å². The average Bonchev–Trinajstić information content (AvgIpc) is 2.76. The van der Waals surface area contributed by atoms with Crippen LogP contribution in [0.15, 0.2) is 30.7 Å². The molecule has 0 aromatic carbocycles. The average molecular weight is 232 g/mol. The van der Waals surface area contributed by atoms with E-state index in [1.807, 2.05) is 32.3 Å². The zero-order valence-electron chi connectivity index (χ0n) is 10.00. The zero-order valence-corrected chi connectivity index (χ0v) is 10.00. The topological polar surface area (TPSA) is 66.0 Å². The molecule has 17 heavy (non-hydrogen) atoms. The first-order chi connectivity index (χ1) is 8.20. The molecule has 90 valence electrons. The Morgan fingerprint density at radius 1 is 1.47 bits per heavy atom. The molecule has 2 aromatic rings. The fraction of sp³-hybridized carbons (Fsp3) is 0.333. The minimum atomic E-state index is -0.274. The lowest BCUT2D eigenvalue weighted by atomic mass is 10.1. The number of rotatable bonds is 4. The molecular weight excluding hydrogens is 216 g/mol. The molecule has 0 spiro atoms. The van der Waals surface area contributed by atoms with Crippen LogP contribution < -0.4 is 10.5 Å². The second-order valence-corrected chi connectivity index (χ2v) is 3.78. The second-order valence-electron chi connectivity index (χ2n) is 3.78. The first-order valence-electron chi connectivity index (χ1n) is 5.53. The SMILES string of the molecule is CCOc1cncc(C(N)c2ccn(C)n2)c1. The van der Waals surface area contributed by atoms with Crippen molar-refractivity contribution in [2.24, 2.45) is 12.8 Å². The highest BCUT2D eigenvalue weighted by Gasteiger charge is 2.12. The highest BCUT2D eigenvalue weighted by Crippen LogP contribution is 2.20. The third-order valence-electron chi connectivity index (χ3n) is 2.46. The summed E-state index contributed by atoms with van der Waals surface area (Å²) in [5.74, 6) is 0.733. The van der Waals surface area contributed by atoms with Crippen LogP contribution in [0, 0.1) is 0 Å². The molecule has 0 saturated heterocycles. The summed E-state index contributed by atoms with van der Waals surface area (Å²) in [5, 5.41) is 4.29. The summed E-state index contributed by atoms with van der Waals surface area (Å²) in [5.41, 5.74) is 7.84. The molecule has 2 aromatic heterocycles. The number of nitrogens with zero attached hydrogens (tertiary/aromatic N) is 3. The number of nitrogens with two attached hydrogens (primary N) is 1. The van der Waals surface area contributed by atoms with Gasteiger partial charge in [-0.15, -0.1) is 0 Å². The molecule has 0 aliphatic rings. The number of pyridine rings is 1. The maximum absolute atomic E-state index is 6.12. The van der Waals surface area contributed by atoms with Crippen LogP contribution in [0.3, 0.4) is 0 Å². The van der Waals surface area contributed by atoms with E-state index >= 15 is 0 Å². The van der Waals surface area contributed by atoms with Crippen molar-refractivity contribution in [1.29, 1.82) is 0 Å². The molecule has 2 N–H and O–H groups in total. The largest absolute Gasteiger partial charge is 0.492 e. The van der Waals surface area contributed by atoms with Gasteiger partial charge in [0.15, 0.2) is 0 Å². The van der Waals surface area contributed by atoms with E-state index in [0.717, 1.165) is 17.0 Å². The van der Waals surface area contributed by atoms with Crippen LogP contribution in [-0.4, -0.2) is 21.4 Å². The maximum atomic E-state index is 6.12. The number of aryl methyl sites for hydroxylation is 1. The van der Waals surface area contributed by atoms with Crippen LogP contribution >= 0.6 is 0 Å². The molecule has 5 heteroatoms. The van der Waals surface area contributed by atoms with Crippen LogP contribution in [0.5, 0.6) is 5.75 Å². The lowest BCUT2D eigenvalue weighted by molar-refractivity contribution is 0.338. The molecule has 1 unspecified atom stereocenters. The summed E-state index contributed by atoms with van der Waals surface area (Å²) in [7, 11) is 1.87. The highest BCUT2D eigenvalue weighted by atomic mass is 16.5. The Morgan fingerprint density at radius 3 is 2.94 bits per heavy atom. The van der Waals surface area contributed by atoms with E-state index < -0.39 is 0 Å². The molecule has 0 aliphatic carbocycles. The molecule has 0 radical (unpaired) electrons. The van der Waals surface area contributed by atoms with E-state index in [0.29, 0.717) is 6.61 Å². The normalized spacial score (nSPS) is 12.4. The van der Waals surface area contributed by atoms with Gasteiger partial charge in [-0.3, -0.25) is 9.67 Å². The van der Waals surface area contributed by atoms with Crippen LogP contribution in [0.2, 0.25) is 0 Å². The predicted octanol–water partition coefficient (Wildman–Crippen LogP) is 1.26. The third kappa shape index (κ3) is 2.62. The highest BCUT2D eigenvalue weighted by molar-refractivity contribution is 5.30. The molecule has 0 bridgehead atoms. The summed E-state index contributed by atoms with van der Waals surface area (Å²) >= 11 is 0. The number of hydrogen-bond donors (Lipinski definition) is 1. The monoisotopic (exact) mass is 232 g/mol. The van der Waals surface area contributed by atoms with Crippen molar-refractivity contribution in [2.45, 2.75) is 13.0 Å². The Balaban J connectivity index is 2.24. The molecule has 0 amide bonds. The number of aromatic nitrogens is 3. The van der Waals surface area contributed by atoms with E-state index in [4.69, 9.17) is 10.5 Å². The van der Waals surface area contributed by atoms with E-state index in [2.05, 4.69) is 10.1 Å². The summed E-state index contributed by atoms with van der Waals surface area (Å²) in [6.45, 7) is 2.55. The molecule has 0 fully saturated rings. The first-order valence-corrected chi connectivity index (χ1v) is 5.53. The molecule has 5 nitrogen and oxygen atoms in total. The van der Waals surface area contributed by atoms with Gasteiger partial charge >= 0.3 is 0 Å². The summed E-state index contributed by atoms with van der Waals surface area (Å²) in [6.07, 6.45) is 5.29. The van der Waals surface area contributed by atoms with Gasteiger partial charge in [0.1, 0.15) is 5.75 Å². The van der Waals surface area contributed by atoms with Crippen LogP contribution in [-0.2, 0) is 7.05 Å². The van der Waals surface area contributed by atoms with Gasteiger partial charge in [-0.25, -0.2) is 0 Å². The first kappa shape index (κ1) is 11.6. The lowest BCUT2D eigenvalue weighted by Crippen LogP contribution is -2.13. The predicted molar refractivity (Wildman–Crippen MR) is 64.6 cm³/mol. The molecule has 0 saturated carbocycles. The fourth-order valence-electron chi connectivity index (χ4n) is 1.62. The Morgan fingerprint density at radius 2 is 2.29 bits per heavy atom. The van der Waals surface area contributed by atoms with Gasteiger partial charge in [0, 0.05) is 19.4 Å². The smallest absolute Gasteiger partial charge is 0.137 e. The summed E-state index contributed by atoms with van der Waals surface area (Å²) in [6, 6.07) is 3.53. The molecule has 0 aliphatic heterocycles. The minimum Gasteiger partial charge on any atom is -0.492 e. The fourth-order valence-corrected chi connectivity index (χ4v) is 1.62. The maximum Gasteiger partial charge on any atom is 0.137 e. The van der Waals surface area contributed by atoms with Gasteiger partial charge < -0.3 is 10.5 Å². The Hall–Kier alpha value is -1.88. The number of ether oxygens (including phenoxy) is 1. The van der Waals surface area contributed by atoms with Gasteiger partial charge in [-0.2, -0.15) is 5.10 Å². The van der Waals surface area contributed by atoms with E-state index in [-0.39, 0.29) is 6.04 Å². The van der Waals surface area contributed by atoms with Crippen molar-refractivity contribution in [1.82, 2.24) is 14.8 Å². The van der Waals surface area contributed by atoms with Crippen molar-refractivity contribution in [3.8, 4) is 5.75 Å². The van der Waals surface area contributed by atoms with Crippen molar-refractivity contribution < 1.29 is 4.74 Å². The van der Waals surface area contributed by atoms with Crippen molar-refractivity contribution in [2.75, 3.05) is 6.61 Å². The molecule has 2 rings (SSSR count). The second kappa shape index (κ2) is 4.97. The number of hydrogen-bond acceptors (Lipinski definition) is 4. The van der Waals surface area contributed by atoms with E-state index in [1.54, 1.807) is 17.1 Å². The molecular formula is C12H16N4O. The Bertz CT molecular complexity index is 495. The van der Waals surface area contributed by atoms with Gasteiger partial charge in [-0.1, -0.05) is 0 Å². The Labute approximate surface area is 100 Å². The van der Waals surface area contributed by atoms with Crippen LogP contribution in [0.1, 0.15) is 24.2 Å². The van der Waals surface area contributed by atoms with Crippen LogP contribution in [0.4, 0.5) is 0 Å². The summed E-state index contributed by atoms with van der Waals surface area (Å²) < 4.78 is 7.13. The van der Waals surface area contributed by atoms with Gasteiger partial charge in [0.05, 0.1) is 24.5 Å². The van der Waals surface area contributed by atoms with Gasteiger partial charge in [-0.05, 0) is 24.6 Å². The standard InChI is InChI=1S/C12H16N4O/c1-3-17-10-6-9(7-14-8-10)12(13)11-4-5-16(2)15-11/h4-8,12H,3,13H2,1-2H3. The third-order valence-corrected chi connectivity index (χ3v) is 2.46. The zero-order chi connectivity index (χ0) is 12.3. The minimum absolute atomic E-state index is 0.274. The lowest BCUT2D eigenvalue weighted by Gasteiger charge is -2.10. The molecule has 1 atom stereocenters. The summed E-state index contributed by atoms with van der Waals surface area (Å²) in [4.78, 5) is 4.12. The van der Waals surface area contributed by atoms with Crippen molar-refractivity contribution >= 4 is 0 Å². The van der Waals surface area contributed by atoms with Crippen molar-refractivity contribution in [3.05, 3.63) is 42.0 Å². The molecule has 2 heterocycles. The van der Waals surface area contributed by atoms with Crippen LogP contribution in [0.25, 0.3) is 0 Å². The Kier molecular flexibility index (Phi) is 3.39. The quantitative estimate of drug-likeness (QED) is 0.861. The van der Waals surface area contributed by atoms with Gasteiger partial charge in [0.25, 0.3) is 0 Å².